The van der Waals surface area contributed by atoms with Crippen LogP contribution in [-0.4, -0.2) is 34.3 Å². The molecular formula is C22H27IN6. The molecule has 0 saturated heterocycles. The molecule has 0 atom stereocenters. The van der Waals surface area contributed by atoms with Gasteiger partial charge in [0.1, 0.15) is 0 Å². The first-order valence-electron chi connectivity index (χ1n) is 9.74. The Hall–Kier alpha value is -2.42. The van der Waals surface area contributed by atoms with Crippen LogP contribution in [0.5, 0.6) is 0 Å². The van der Waals surface area contributed by atoms with Crippen LogP contribution in [0.3, 0.4) is 0 Å². The summed E-state index contributed by atoms with van der Waals surface area (Å²) in [5.74, 6) is 1.63. The van der Waals surface area contributed by atoms with Gasteiger partial charge in [-0.05, 0) is 42.2 Å². The molecule has 0 unspecified atom stereocenters. The molecule has 2 aromatic heterocycles. The maximum Gasteiger partial charge on any atom is 0.191 e. The Bertz CT molecular complexity index is 919. The minimum absolute atomic E-state index is 0. The molecule has 1 aliphatic carbocycles. The summed E-state index contributed by atoms with van der Waals surface area (Å²) in [7, 11) is 1.81. The molecule has 1 aliphatic rings. The van der Waals surface area contributed by atoms with Gasteiger partial charge < -0.3 is 10.6 Å². The highest BCUT2D eigenvalue weighted by Crippen LogP contribution is 2.43. The predicted octanol–water partition coefficient (Wildman–Crippen LogP) is 3.67. The molecule has 4 rings (SSSR count). The van der Waals surface area contributed by atoms with Crippen molar-refractivity contribution in [1.29, 1.82) is 0 Å². The number of aliphatic imine (C=N–C) groups is 1. The number of hydrogen-bond donors (Lipinski definition) is 2. The van der Waals surface area contributed by atoms with E-state index in [1.54, 1.807) is 10.9 Å². The van der Waals surface area contributed by atoms with Crippen LogP contribution in [0.4, 0.5) is 0 Å². The first-order valence-corrected chi connectivity index (χ1v) is 9.74. The van der Waals surface area contributed by atoms with Gasteiger partial charge in [0.15, 0.2) is 11.8 Å². The molecular weight excluding hydrogens is 475 g/mol. The second-order valence-corrected chi connectivity index (χ2v) is 7.25. The van der Waals surface area contributed by atoms with Crippen LogP contribution in [0, 0.1) is 0 Å². The van der Waals surface area contributed by atoms with Crippen molar-refractivity contribution in [3.05, 3.63) is 78.2 Å². The lowest BCUT2D eigenvalue weighted by Gasteiger charge is -2.43. The second kappa shape index (κ2) is 9.87. The molecule has 2 heterocycles. The molecule has 2 N–H and O–H groups in total. The summed E-state index contributed by atoms with van der Waals surface area (Å²) in [5.41, 5.74) is 2.77. The maximum atomic E-state index is 4.39. The van der Waals surface area contributed by atoms with E-state index in [0.29, 0.717) is 6.54 Å². The molecule has 6 nitrogen and oxygen atoms in total. The van der Waals surface area contributed by atoms with Gasteiger partial charge in [-0.25, -0.2) is 9.67 Å². The van der Waals surface area contributed by atoms with E-state index in [2.05, 4.69) is 56.0 Å². The first-order chi connectivity index (χ1) is 13.8. The topological polar surface area (TPSA) is 67.1 Å². The first kappa shape index (κ1) is 21.3. The molecule has 0 radical (unpaired) electrons. The Morgan fingerprint density at radius 2 is 1.93 bits per heavy atom. The number of benzene rings is 1. The van der Waals surface area contributed by atoms with E-state index in [4.69, 9.17) is 0 Å². The number of aromatic nitrogens is 3. The summed E-state index contributed by atoms with van der Waals surface area (Å²) in [6.07, 6.45) is 9.18. The summed E-state index contributed by atoms with van der Waals surface area (Å²) in [5, 5.41) is 11.2. The van der Waals surface area contributed by atoms with E-state index >= 15 is 0 Å². The Morgan fingerprint density at radius 3 is 2.59 bits per heavy atom. The molecule has 0 amide bonds. The predicted molar refractivity (Wildman–Crippen MR) is 127 cm³/mol. The summed E-state index contributed by atoms with van der Waals surface area (Å²) < 4.78 is 1.76. The lowest BCUT2D eigenvalue weighted by Crippen LogP contribution is -2.48. The van der Waals surface area contributed by atoms with E-state index in [9.17, 15) is 0 Å². The third kappa shape index (κ3) is 4.95. The van der Waals surface area contributed by atoms with E-state index in [-0.39, 0.29) is 29.4 Å². The molecule has 0 bridgehead atoms. The summed E-state index contributed by atoms with van der Waals surface area (Å²) in [6, 6.07) is 16.7. The van der Waals surface area contributed by atoms with Crippen LogP contribution in [0.25, 0.3) is 5.82 Å². The highest BCUT2D eigenvalue weighted by atomic mass is 127. The van der Waals surface area contributed by atoms with Gasteiger partial charge in [0.25, 0.3) is 0 Å². The molecule has 152 valence electrons. The third-order valence-corrected chi connectivity index (χ3v) is 5.52. The van der Waals surface area contributed by atoms with E-state index in [1.165, 1.54) is 24.8 Å². The molecule has 1 saturated carbocycles. The number of halogens is 1. The molecule has 7 heteroatoms. The van der Waals surface area contributed by atoms with Crippen molar-refractivity contribution < 1.29 is 0 Å². The number of hydrogen-bond acceptors (Lipinski definition) is 3. The van der Waals surface area contributed by atoms with Crippen molar-refractivity contribution in [2.45, 2.75) is 31.2 Å². The lowest BCUT2D eigenvalue weighted by atomic mass is 9.64. The Balaban J connectivity index is 0.00000240. The van der Waals surface area contributed by atoms with Crippen LogP contribution in [0.2, 0.25) is 0 Å². The van der Waals surface area contributed by atoms with E-state index < -0.39 is 0 Å². The summed E-state index contributed by atoms with van der Waals surface area (Å²) >= 11 is 0. The summed E-state index contributed by atoms with van der Waals surface area (Å²) in [6.45, 7) is 1.57. The zero-order valence-corrected chi connectivity index (χ0v) is 18.9. The Kier molecular flexibility index (Phi) is 7.24. The van der Waals surface area contributed by atoms with Gasteiger partial charge in [0.05, 0.1) is 0 Å². The van der Waals surface area contributed by atoms with Gasteiger partial charge in [-0.2, -0.15) is 5.10 Å². The number of nitrogens with one attached hydrogen (secondary N) is 2. The van der Waals surface area contributed by atoms with Gasteiger partial charge in [-0.3, -0.25) is 4.99 Å². The van der Waals surface area contributed by atoms with Crippen LogP contribution < -0.4 is 10.6 Å². The number of pyridine rings is 1. The van der Waals surface area contributed by atoms with Gasteiger partial charge in [-0.15, -0.1) is 24.0 Å². The van der Waals surface area contributed by atoms with Crippen molar-refractivity contribution >= 4 is 29.9 Å². The zero-order valence-electron chi connectivity index (χ0n) is 16.6. The van der Waals surface area contributed by atoms with Crippen molar-refractivity contribution in [3.63, 3.8) is 0 Å². The van der Waals surface area contributed by atoms with Crippen molar-refractivity contribution in [2.75, 3.05) is 13.6 Å². The van der Waals surface area contributed by atoms with Gasteiger partial charge in [0, 0.05) is 44.1 Å². The maximum absolute atomic E-state index is 4.39. The minimum Gasteiger partial charge on any atom is -0.356 e. The van der Waals surface area contributed by atoms with Gasteiger partial charge >= 0.3 is 0 Å². The van der Waals surface area contributed by atoms with Crippen LogP contribution >= 0.6 is 24.0 Å². The second-order valence-electron chi connectivity index (χ2n) is 7.25. The number of nitrogens with zero attached hydrogens (tertiary/aromatic N) is 4. The smallest absolute Gasteiger partial charge is 0.191 e. The van der Waals surface area contributed by atoms with E-state index in [1.807, 2.05) is 37.6 Å². The van der Waals surface area contributed by atoms with E-state index in [0.717, 1.165) is 23.9 Å². The quantitative estimate of drug-likeness (QED) is 0.307. The highest BCUT2D eigenvalue weighted by molar-refractivity contribution is 14.0. The molecule has 29 heavy (non-hydrogen) atoms. The monoisotopic (exact) mass is 502 g/mol. The van der Waals surface area contributed by atoms with Gasteiger partial charge in [-0.1, -0.05) is 36.8 Å². The number of guanidine groups is 1. The SMILES string of the molecule is CN=C(NCc1ccnc(-n2cccn2)c1)NCC1(c2ccccc2)CCC1.I. The lowest BCUT2D eigenvalue weighted by molar-refractivity contribution is 0.244. The fraction of sp³-hybridized carbons (Fsp3) is 0.318. The average molecular weight is 502 g/mol. The fourth-order valence-electron chi connectivity index (χ4n) is 3.72. The van der Waals surface area contributed by atoms with Gasteiger partial charge in [0.2, 0.25) is 0 Å². The zero-order chi connectivity index (χ0) is 19.2. The fourth-order valence-corrected chi connectivity index (χ4v) is 3.72. The molecule has 1 aromatic carbocycles. The normalized spacial score (nSPS) is 15.1. The molecule has 0 aliphatic heterocycles. The van der Waals surface area contributed by atoms with Crippen LogP contribution in [0.1, 0.15) is 30.4 Å². The molecule has 1 fully saturated rings. The van der Waals surface area contributed by atoms with Crippen molar-refractivity contribution in [2.24, 2.45) is 4.99 Å². The number of rotatable bonds is 6. The standard InChI is InChI=1S/C22H26N6.HI/c1-23-21(26-17-22(10-5-11-22)19-7-3-2-4-8-19)25-16-18-9-13-24-20(15-18)28-14-6-12-27-28;/h2-4,6-9,12-15H,5,10-11,16-17H2,1H3,(H2,23,25,26);1H. The average Bonchev–Trinajstić information content (AvgIpc) is 3.25. The third-order valence-electron chi connectivity index (χ3n) is 5.52. The summed E-state index contributed by atoms with van der Waals surface area (Å²) in [4.78, 5) is 8.77. The molecule has 0 spiro atoms. The van der Waals surface area contributed by atoms with Crippen molar-refractivity contribution in [1.82, 2.24) is 25.4 Å². The largest absolute Gasteiger partial charge is 0.356 e. The Labute approximate surface area is 188 Å². The van der Waals surface area contributed by atoms with Crippen LogP contribution in [-0.2, 0) is 12.0 Å². The molecule has 3 aromatic rings. The highest BCUT2D eigenvalue weighted by Gasteiger charge is 2.38. The van der Waals surface area contributed by atoms with Crippen LogP contribution in [0.15, 0.2) is 72.1 Å². The Morgan fingerprint density at radius 1 is 1.10 bits per heavy atom. The minimum atomic E-state index is 0. The van der Waals surface area contributed by atoms with Crippen molar-refractivity contribution in [3.8, 4) is 5.82 Å².